The van der Waals surface area contributed by atoms with E-state index in [0.717, 1.165) is 34.6 Å². The molecule has 0 aliphatic heterocycles. The van der Waals surface area contributed by atoms with Gasteiger partial charge in [0, 0.05) is 0 Å². The van der Waals surface area contributed by atoms with Crippen molar-refractivity contribution in [1.29, 1.82) is 0 Å². The van der Waals surface area contributed by atoms with E-state index in [4.69, 9.17) is 0 Å². The lowest BCUT2D eigenvalue weighted by Crippen LogP contribution is -2.09. The number of hydrogen-bond donors (Lipinski definition) is 0. The van der Waals surface area contributed by atoms with Crippen molar-refractivity contribution in [3.8, 4) is 5.69 Å². The van der Waals surface area contributed by atoms with E-state index < -0.39 is 11.9 Å². The Morgan fingerprint density at radius 2 is 1.75 bits per heavy atom. The topological polar surface area (TPSA) is 69.4 Å². The smallest absolute Gasteiger partial charge is 0.187 e. The molecule has 6 nitrogen and oxygen atoms in total. The van der Waals surface area contributed by atoms with Gasteiger partial charge in [0.2, 0.25) is 5.16 Å². The molecule has 10 heteroatoms. The fourth-order valence-corrected chi connectivity index (χ4v) is 2.59. The summed E-state index contributed by atoms with van der Waals surface area (Å²) >= 11 is 1.03. The first-order valence-corrected chi connectivity index (χ1v) is 7.61. The maximum atomic E-state index is 12.5. The fourth-order valence-electron chi connectivity index (χ4n) is 1.88. The van der Waals surface area contributed by atoms with Crippen molar-refractivity contribution in [2.75, 3.05) is 0 Å². The van der Waals surface area contributed by atoms with Crippen LogP contribution in [0.1, 0.15) is 16.8 Å². The average molecular weight is 352 g/mol. The van der Waals surface area contributed by atoms with Crippen LogP contribution in [0.4, 0.5) is 13.2 Å². The number of tetrazole rings is 1. The number of alkyl halides is 3. The molecule has 0 unspecified atom stereocenters. The van der Waals surface area contributed by atoms with E-state index in [-0.39, 0.29) is 5.03 Å². The molecule has 0 aliphatic rings. The van der Waals surface area contributed by atoms with Gasteiger partial charge >= 0.3 is 6.18 Å². The molecular formula is C14H11F3N6S. The lowest BCUT2D eigenvalue weighted by atomic mass is 10.1. The quantitative estimate of drug-likeness (QED) is 0.721. The van der Waals surface area contributed by atoms with Gasteiger partial charge in [-0.2, -0.15) is 17.9 Å². The van der Waals surface area contributed by atoms with Crippen LogP contribution in [0.2, 0.25) is 0 Å². The average Bonchev–Trinajstić information content (AvgIpc) is 2.98. The molecule has 0 spiro atoms. The molecule has 1 aromatic carbocycles. The summed E-state index contributed by atoms with van der Waals surface area (Å²) in [4.78, 5) is 0. The number of rotatable bonds is 3. The third-order valence-corrected chi connectivity index (χ3v) is 4.17. The molecule has 0 saturated heterocycles. The zero-order valence-corrected chi connectivity index (χ0v) is 13.4. The van der Waals surface area contributed by atoms with Crippen molar-refractivity contribution >= 4 is 11.8 Å². The van der Waals surface area contributed by atoms with Gasteiger partial charge in [-0.15, -0.1) is 15.3 Å². The van der Waals surface area contributed by atoms with E-state index in [9.17, 15) is 13.2 Å². The predicted octanol–water partition coefficient (Wildman–Crippen LogP) is 3.24. The zero-order chi connectivity index (χ0) is 17.3. The van der Waals surface area contributed by atoms with Crippen LogP contribution >= 0.6 is 11.8 Å². The Kier molecular flexibility index (Phi) is 4.22. The summed E-state index contributed by atoms with van der Waals surface area (Å²) in [6, 6.07) is 7.84. The van der Waals surface area contributed by atoms with Crippen molar-refractivity contribution in [3.63, 3.8) is 0 Å². The van der Waals surface area contributed by atoms with Gasteiger partial charge in [0.25, 0.3) is 0 Å². The Balaban J connectivity index is 1.87. The molecule has 2 aromatic heterocycles. The largest absolute Gasteiger partial charge is 0.435 e. The number of hydrogen-bond acceptors (Lipinski definition) is 6. The van der Waals surface area contributed by atoms with Crippen LogP contribution in [0.15, 0.2) is 40.5 Å². The molecule has 3 rings (SSSR count). The van der Waals surface area contributed by atoms with Crippen molar-refractivity contribution in [1.82, 2.24) is 30.4 Å². The second-order valence-electron chi connectivity index (χ2n) is 5.00. The molecule has 0 atom stereocenters. The standard InChI is InChI=1S/C14H11F3N6S/c1-8-3-4-10(7-9(8)2)23-13(20-21-22-23)24-12-6-5-11(18-19-12)14(15,16)17/h3-7H,1-2H3. The molecular weight excluding hydrogens is 341 g/mol. The van der Waals surface area contributed by atoms with Gasteiger partial charge in [0.15, 0.2) is 5.69 Å². The molecule has 3 aromatic rings. The van der Waals surface area contributed by atoms with E-state index in [1.807, 2.05) is 32.0 Å². The van der Waals surface area contributed by atoms with Gasteiger partial charge in [-0.25, -0.2) is 0 Å². The first-order chi connectivity index (χ1) is 11.3. The molecule has 24 heavy (non-hydrogen) atoms. The van der Waals surface area contributed by atoms with E-state index in [2.05, 4.69) is 25.7 Å². The highest BCUT2D eigenvalue weighted by Gasteiger charge is 2.33. The number of halogens is 3. The molecule has 0 aliphatic carbocycles. The number of nitrogens with zero attached hydrogens (tertiary/aromatic N) is 6. The Hall–Kier alpha value is -2.49. The summed E-state index contributed by atoms with van der Waals surface area (Å²) in [7, 11) is 0. The van der Waals surface area contributed by atoms with Crippen LogP contribution in [-0.4, -0.2) is 30.4 Å². The number of aromatic nitrogens is 6. The first kappa shape index (κ1) is 16.4. The molecule has 0 amide bonds. The van der Waals surface area contributed by atoms with Crippen LogP contribution in [0.5, 0.6) is 0 Å². The summed E-state index contributed by atoms with van der Waals surface area (Å²) in [5.74, 6) is 0. The van der Waals surface area contributed by atoms with Crippen molar-refractivity contribution < 1.29 is 13.2 Å². The van der Waals surface area contributed by atoms with E-state index >= 15 is 0 Å². The second-order valence-corrected chi connectivity index (χ2v) is 5.99. The molecule has 124 valence electrons. The molecule has 0 radical (unpaired) electrons. The van der Waals surface area contributed by atoms with Crippen LogP contribution in [0, 0.1) is 13.8 Å². The molecule has 0 fully saturated rings. The minimum atomic E-state index is -4.52. The van der Waals surface area contributed by atoms with Crippen molar-refractivity contribution in [3.05, 3.63) is 47.2 Å². The Labute approximate surface area is 139 Å². The van der Waals surface area contributed by atoms with Gasteiger partial charge < -0.3 is 0 Å². The summed E-state index contributed by atoms with van der Waals surface area (Å²) in [5, 5.41) is 18.8. The minimum Gasteiger partial charge on any atom is -0.187 e. The van der Waals surface area contributed by atoms with Crippen molar-refractivity contribution in [2.24, 2.45) is 0 Å². The van der Waals surface area contributed by atoms with E-state index in [1.165, 1.54) is 10.7 Å². The number of aryl methyl sites for hydroxylation is 2. The second kappa shape index (κ2) is 6.19. The molecule has 0 bridgehead atoms. The lowest BCUT2D eigenvalue weighted by molar-refractivity contribution is -0.141. The number of benzene rings is 1. The van der Waals surface area contributed by atoms with Gasteiger partial charge in [-0.05, 0) is 71.4 Å². The fraction of sp³-hybridized carbons (Fsp3) is 0.214. The monoisotopic (exact) mass is 352 g/mol. The van der Waals surface area contributed by atoms with Gasteiger partial charge in [0.05, 0.1) is 5.69 Å². The normalized spacial score (nSPS) is 11.7. The highest BCUT2D eigenvalue weighted by Crippen LogP contribution is 2.29. The van der Waals surface area contributed by atoms with Crippen LogP contribution in [0.25, 0.3) is 5.69 Å². The predicted molar refractivity (Wildman–Crippen MR) is 79.8 cm³/mol. The maximum Gasteiger partial charge on any atom is 0.435 e. The molecule has 0 saturated carbocycles. The van der Waals surface area contributed by atoms with Crippen molar-refractivity contribution in [2.45, 2.75) is 30.2 Å². The summed E-state index contributed by atoms with van der Waals surface area (Å²) in [6.07, 6.45) is -4.52. The Bertz CT molecular complexity index is 860. The van der Waals surface area contributed by atoms with Gasteiger partial charge in [-0.3, -0.25) is 0 Å². The zero-order valence-electron chi connectivity index (χ0n) is 12.6. The lowest BCUT2D eigenvalue weighted by Gasteiger charge is -2.07. The Morgan fingerprint density at radius 3 is 2.38 bits per heavy atom. The molecule has 0 N–H and O–H groups in total. The van der Waals surface area contributed by atoms with Crippen LogP contribution in [-0.2, 0) is 6.18 Å². The van der Waals surface area contributed by atoms with Crippen LogP contribution in [0.3, 0.4) is 0 Å². The SMILES string of the molecule is Cc1ccc(-n2nnnc2Sc2ccc(C(F)(F)F)nn2)cc1C. The third kappa shape index (κ3) is 3.37. The summed E-state index contributed by atoms with van der Waals surface area (Å²) in [6.45, 7) is 3.96. The first-order valence-electron chi connectivity index (χ1n) is 6.79. The molecule has 2 heterocycles. The minimum absolute atomic E-state index is 0.267. The maximum absolute atomic E-state index is 12.5. The van der Waals surface area contributed by atoms with E-state index in [1.54, 1.807) is 0 Å². The van der Waals surface area contributed by atoms with Crippen LogP contribution < -0.4 is 0 Å². The van der Waals surface area contributed by atoms with Gasteiger partial charge in [-0.1, -0.05) is 6.07 Å². The third-order valence-electron chi connectivity index (χ3n) is 3.30. The Morgan fingerprint density at radius 1 is 0.958 bits per heavy atom. The summed E-state index contributed by atoms with van der Waals surface area (Å²) < 4.78 is 39.0. The highest BCUT2D eigenvalue weighted by atomic mass is 32.2. The van der Waals surface area contributed by atoms with E-state index in [0.29, 0.717) is 5.16 Å². The van der Waals surface area contributed by atoms with Gasteiger partial charge in [0.1, 0.15) is 5.03 Å². The highest BCUT2D eigenvalue weighted by molar-refractivity contribution is 7.99. The summed E-state index contributed by atoms with van der Waals surface area (Å²) in [5.41, 5.74) is 1.92.